The quantitative estimate of drug-likeness (QED) is 0.356. The molecule has 0 heterocycles. The van der Waals surface area contributed by atoms with E-state index in [4.69, 9.17) is 17.0 Å². The molecule has 0 N–H and O–H groups in total. The molecule has 2 fully saturated rings. The molecule has 0 saturated heterocycles. The molecule has 0 aromatic heterocycles. The van der Waals surface area contributed by atoms with Gasteiger partial charge in [-0.2, -0.15) is 0 Å². The summed E-state index contributed by atoms with van der Waals surface area (Å²) in [6, 6.07) is 11.0. The van der Waals surface area contributed by atoms with E-state index < -0.39 is 20.8 Å². The van der Waals surface area contributed by atoms with Crippen LogP contribution >= 0.6 is 17.0 Å². The monoisotopic (exact) mass is 498 g/mol. The minimum atomic E-state index is -0.826. The molecule has 4 rings (SSSR count). The van der Waals surface area contributed by atoms with Gasteiger partial charge in [0.15, 0.2) is 0 Å². The van der Waals surface area contributed by atoms with E-state index in [1.54, 1.807) is 0 Å². The molecule has 2 saturated carbocycles. The SMILES string of the molecule is C1=CC2CCCC2C=C1.CC(C)(c1ccccc1)C1CCCC1.[CH3-].[CH3-].[Cl][Zr+2][Cl]. The molecule has 2 unspecified atom stereocenters. The Labute approximate surface area is 193 Å². The van der Waals surface area contributed by atoms with Crippen LogP contribution in [0.4, 0.5) is 0 Å². The third kappa shape index (κ3) is 8.49. The molecule has 1 aromatic carbocycles. The Kier molecular flexibility index (Phi) is 15.1. The summed E-state index contributed by atoms with van der Waals surface area (Å²) in [6.07, 6.45) is 19.1. The Morgan fingerprint density at radius 2 is 1.25 bits per heavy atom. The summed E-state index contributed by atoms with van der Waals surface area (Å²) in [6.45, 7) is 4.80. The average molecular weight is 501 g/mol. The van der Waals surface area contributed by atoms with E-state index in [2.05, 4.69) is 68.5 Å². The summed E-state index contributed by atoms with van der Waals surface area (Å²) in [4.78, 5) is 0. The number of allylic oxidation sites excluding steroid dienone is 4. The molecule has 0 spiro atoms. The van der Waals surface area contributed by atoms with Crippen LogP contribution in [-0.4, -0.2) is 0 Å². The van der Waals surface area contributed by atoms with E-state index in [1.807, 2.05) is 0 Å². The van der Waals surface area contributed by atoms with Crippen LogP contribution in [0.15, 0.2) is 54.6 Å². The van der Waals surface area contributed by atoms with Gasteiger partial charge >= 0.3 is 37.9 Å². The van der Waals surface area contributed by atoms with Crippen molar-refractivity contribution in [2.24, 2.45) is 17.8 Å². The fourth-order valence-electron chi connectivity index (χ4n) is 4.66. The maximum atomic E-state index is 4.93. The zero-order valence-electron chi connectivity index (χ0n) is 18.1. The van der Waals surface area contributed by atoms with Crippen molar-refractivity contribution in [3.63, 3.8) is 0 Å². The van der Waals surface area contributed by atoms with Gasteiger partial charge in [-0.25, -0.2) is 0 Å². The zero-order valence-corrected chi connectivity index (χ0v) is 22.1. The van der Waals surface area contributed by atoms with Crippen LogP contribution in [0.5, 0.6) is 0 Å². The summed E-state index contributed by atoms with van der Waals surface area (Å²) in [5, 5.41) is 0. The molecule has 3 heteroatoms. The second kappa shape index (κ2) is 15.0. The van der Waals surface area contributed by atoms with Crippen LogP contribution in [0.2, 0.25) is 0 Å². The third-order valence-electron chi connectivity index (χ3n) is 6.35. The standard InChI is InChI=1S/C14H20.C9H12.2CH3.2ClH.Zr/c1-14(2,13-10-6-7-11-13)12-8-4-3-5-9-12;1-2-5-9-7-3-6-8(9)4-1;;;;;/h3-5,8-9,13H,6-7,10-11H2,1-2H3;1-2,4-5,8-9H,3,6-7H2;2*1H3;2*1H;/q;;2*-1;;;+4/p-2. The number of rotatable bonds is 2. The molecule has 0 nitrogen and oxygen atoms in total. The van der Waals surface area contributed by atoms with Crippen molar-refractivity contribution in [2.75, 3.05) is 0 Å². The van der Waals surface area contributed by atoms with Crippen molar-refractivity contribution in [3.8, 4) is 0 Å². The molecule has 28 heavy (non-hydrogen) atoms. The molecular formula is C25H38Cl2Zr. The van der Waals surface area contributed by atoms with Crippen molar-refractivity contribution >= 4 is 17.0 Å². The van der Waals surface area contributed by atoms with Crippen molar-refractivity contribution in [1.29, 1.82) is 0 Å². The number of hydrogen-bond donors (Lipinski definition) is 0. The fraction of sp³-hybridized carbons (Fsp3) is 0.520. The van der Waals surface area contributed by atoms with Gasteiger partial charge in [0.05, 0.1) is 0 Å². The first-order chi connectivity index (χ1) is 12.6. The van der Waals surface area contributed by atoms with Crippen molar-refractivity contribution in [3.05, 3.63) is 75.1 Å². The normalized spacial score (nSPS) is 22.3. The van der Waals surface area contributed by atoms with Gasteiger partial charge in [0.1, 0.15) is 0 Å². The van der Waals surface area contributed by atoms with E-state index >= 15 is 0 Å². The Balaban J connectivity index is 0.000000453. The number of hydrogen-bond acceptors (Lipinski definition) is 0. The van der Waals surface area contributed by atoms with Gasteiger partial charge in [0.2, 0.25) is 0 Å². The maximum absolute atomic E-state index is 4.93. The van der Waals surface area contributed by atoms with Crippen LogP contribution < -0.4 is 0 Å². The Hall–Kier alpha value is 0.163. The molecule has 3 aliphatic carbocycles. The first-order valence-corrected chi connectivity index (χ1v) is 16.3. The molecule has 0 radical (unpaired) electrons. The predicted octanol–water partition coefficient (Wildman–Crippen LogP) is 8.96. The van der Waals surface area contributed by atoms with Gasteiger partial charge in [-0.1, -0.05) is 87.7 Å². The number of fused-ring (bicyclic) bond motifs is 1. The minimum absolute atomic E-state index is 0. The van der Waals surface area contributed by atoms with Gasteiger partial charge in [-0.05, 0) is 54.4 Å². The van der Waals surface area contributed by atoms with E-state index in [-0.39, 0.29) is 14.9 Å². The van der Waals surface area contributed by atoms with E-state index in [9.17, 15) is 0 Å². The van der Waals surface area contributed by atoms with Crippen LogP contribution in [0.1, 0.15) is 64.4 Å². The van der Waals surface area contributed by atoms with E-state index in [0.29, 0.717) is 5.41 Å². The Morgan fingerprint density at radius 3 is 1.71 bits per heavy atom. The first-order valence-electron chi connectivity index (χ1n) is 9.96. The van der Waals surface area contributed by atoms with Crippen molar-refractivity contribution in [2.45, 2.75) is 64.2 Å². The summed E-state index contributed by atoms with van der Waals surface area (Å²) >= 11 is -0.826. The molecule has 0 aliphatic heterocycles. The van der Waals surface area contributed by atoms with Crippen molar-refractivity contribution < 1.29 is 20.8 Å². The molecule has 0 bridgehead atoms. The molecule has 1 aromatic rings. The predicted molar refractivity (Wildman–Crippen MR) is 125 cm³/mol. The topological polar surface area (TPSA) is 0 Å². The van der Waals surface area contributed by atoms with Crippen LogP contribution in [0.3, 0.4) is 0 Å². The summed E-state index contributed by atoms with van der Waals surface area (Å²) in [5.74, 6) is 2.69. The molecule has 0 amide bonds. The second-order valence-electron chi connectivity index (χ2n) is 8.17. The van der Waals surface area contributed by atoms with Gasteiger partial charge in [0.25, 0.3) is 0 Å². The van der Waals surface area contributed by atoms with Gasteiger partial charge in [0, 0.05) is 0 Å². The number of halogens is 2. The van der Waals surface area contributed by atoms with Crippen LogP contribution in [0, 0.1) is 32.6 Å². The summed E-state index contributed by atoms with van der Waals surface area (Å²) < 4.78 is 0. The van der Waals surface area contributed by atoms with Gasteiger partial charge in [-0.15, -0.1) is 0 Å². The van der Waals surface area contributed by atoms with Crippen LogP contribution in [-0.2, 0) is 26.3 Å². The van der Waals surface area contributed by atoms with Crippen molar-refractivity contribution in [1.82, 2.24) is 0 Å². The first kappa shape index (κ1) is 28.2. The molecular weight excluding hydrogens is 462 g/mol. The summed E-state index contributed by atoms with van der Waals surface area (Å²) in [7, 11) is 9.87. The second-order valence-corrected chi connectivity index (χ2v) is 11.9. The Morgan fingerprint density at radius 1 is 0.786 bits per heavy atom. The van der Waals surface area contributed by atoms with E-state index in [0.717, 1.165) is 17.8 Å². The molecule has 156 valence electrons. The average Bonchev–Trinajstić information content (AvgIpc) is 3.36. The summed E-state index contributed by atoms with van der Waals surface area (Å²) in [5.41, 5.74) is 1.88. The van der Waals surface area contributed by atoms with Gasteiger partial charge < -0.3 is 14.9 Å². The fourth-order valence-corrected chi connectivity index (χ4v) is 4.66. The van der Waals surface area contributed by atoms with E-state index in [1.165, 1.54) is 50.5 Å². The van der Waals surface area contributed by atoms with Crippen LogP contribution in [0.25, 0.3) is 0 Å². The third-order valence-corrected chi connectivity index (χ3v) is 6.35. The van der Waals surface area contributed by atoms with Gasteiger partial charge in [-0.3, -0.25) is 0 Å². The number of benzene rings is 1. The molecule has 3 aliphatic rings. The zero-order chi connectivity index (χ0) is 18.8. The molecule has 2 atom stereocenters. The Bertz CT molecular complexity index is 541.